The molecule has 1 heterocycles. The van der Waals surface area contributed by atoms with Crippen LogP contribution in [0.4, 0.5) is 5.82 Å². The lowest BCUT2D eigenvalue weighted by atomic mass is 10.1. The molecule has 0 unspecified atom stereocenters. The number of hydrogen-bond donors (Lipinski definition) is 0. The molecule has 0 fully saturated rings. The van der Waals surface area contributed by atoms with Gasteiger partial charge in [0.05, 0.1) is 5.02 Å². The maximum absolute atomic E-state index is 5.84. The lowest BCUT2D eigenvalue weighted by Gasteiger charge is -2.31. The standard InChI is InChI=1S/C12H18Cl2N2/c1-3-11(4-2)16(8-7-13)12-6-5-10(14)9-15-12/h5-6,9,11H,3-4,7-8H2,1-2H3. The third kappa shape index (κ3) is 3.53. The average Bonchev–Trinajstić information content (AvgIpc) is 2.31. The fourth-order valence-corrected chi connectivity index (χ4v) is 2.14. The topological polar surface area (TPSA) is 16.1 Å². The highest BCUT2D eigenvalue weighted by atomic mass is 35.5. The number of halogens is 2. The van der Waals surface area contributed by atoms with Gasteiger partial charge in [-0.25, -0.2) is 4.98 Å². The van der Waals surface area contributed by atoms with Crippen LogP contribution in [0.2, 0.25) is 5.02 Å². The van der Waals surface area contributed by atoms with Crippen molar-refractivity contribution in [3.05, 3.63) is 23.4 Å². The van der Waals surface area contributed by atoms with Gasteiger partial charge in [0.25, 0.3) is 0 Å². The Morgan fingerprint density at radius 2 is 2.00 bits per heavy atom. The van der Waals surface area contributed by atoms with Gasteiger partial charge in [0.2, 0.25) is 0 Å². The molecule has 0 aliphatic heterocycles. The first-order valence-electron chi connectivity index (χ1n) is 5.67. The lowest BCUT2D eigenvalue weighted by Crippen LogP contribution is -2.36. The van der Waals surface area contributed by atoms with Gasteiger partial charge in [-0.05, 0) is 25.0 Å². The van der Waals surface area contributed by atoms with Crippen molar-refractivity contribution in [1.29, 1.82) is 0 Å². The van der Waals surface area contributed by atoms with Crippen LogP contribution in [0, 0.1) is 0 Å². The highest BCUT2D eigenvalue weighted by Gasteiger charge is 2.15. The molecule has 4 heteroatoms. The molecule has 0 N–H and O–H groups in total. The van der Waals surface area contributed by atoms with Crippen molar-refractivity contribution in [1.82, 2.24) is 4.98 Å². The molecule has 90 valence electrons. The predicted molar refractivity (Wildman–Crippen MR) is 71.7 cm³/mol. The van der Waals surface area contributed by atoms with Gasteiger partial charge in [0.1, 0.15) is 5.82 Å². The van der Waals surface area contributed by atoms with Crippen molar-refractivity contribution in [2.24, 2.45) is 0 Å². The van der Waals surface area contributed by atoms with Crippen LogP contribution >= 0.6 is 23.2 Å². The van der Waals surface area contributed by atoms with E-state index in [1.807, 2.05) is 12.1 Å². The molecule has 1 aromatic rings. The zero-order chi connectivity index (χ0) is 12.0. The fraction of sp³-hybridized carbons (Fsp3) is 0.583. The molecule has 2 nitrogen and oxygen atoms in total. The van der Waals surface area contributed by atoms with Crippen LogP contribution in [0.3, 0.4) is 0 Å². The zero-order valence-electron chi connectivity index (χ0n) is 9.79. The van der Waals surface area contributed by atoms with Crippen LogP contribution in [0.1, 0.15) is 26.7 Å². The normalized spacial score (nSPS) is 10.8. The molecule has 0 amide bonds. The lowest BCUT2D eigenvalue weighted by molar-refractivity contribution is 0.563. The summed E-state index contributed by atoms with van der Waals surface area (Å²) >= 11 is 11.7. The van der Waals surface area contributed by atoms with E-state index in [-0.39, 0.29) is 0 Å². The van der Waals surface area contributed by atoms with E-state index in [9.17, 15) is 0 Å². The molecule has 0 bridgehead atoms. The zero-order valence-corrected chi connectivity index (χ0v) is 11.3. The Balaban J connectivity index is 2.87. The predicted octanol–water partition coefficient (Wildman–Crippen LogP) is 3.97. The smallest absolute Gasteiger partial charge is 0.128 e. The van der Waals surface area contributed by atoms with Crippen molar-refractivity contribution in [2.75, 3.05) is 17.3 Å². The van der Waals surface area contributed by atoms with E-state index in [1.165, 1.54) is 0 Å². The van der Waals surface area contributed by atoms with Crippen molar-refractivity contribution in [2.45, 2.75) is 32.7 Å². The number of rotatable bonds is 6. The molecule has 0 saturated carbocycles. The third-order valence-electron chi connectivity index (χ3n) is 2.71. The maximum atomic E-state index is 5.84. The molecule has 16 heavy (non-hydrogen) atoms. The number of alkyl halides is 1. The summed E-state index contributed by atoms with van der Waals surface area (Å²) in [6, 6.07) is 4.31. The van der Waals surface area contributed by atoms with E-state index in [1.54, 1.807) is 6.20 Å². The van der Waals surface area contributed by atoms with Gasteiger partial charge in [-0.1, -0.05) is 25.4 Å². The largest absolute Gasteiger partial charge is 0.352 e. The second-order valence-corrected chi connectivity index (χ2v) is 4.50. The molecule has 0 atom stereocenters. The van der Waals surface area contributed by atoms with Gasteiger partial charge < -0.3 is 4.90 Å². The summed E-state index contributed by atoms with van der Waals surface area (Å²) in [6.07, 6.45) is 3.87. The summed E-state index contributed by atoms with van der Waals surface area (Å²) in [7, 11) is 0. The molecule has 1 rings (SSSR count). The summed E-state index contributed by atoms with van der Waals surface area (Å²) in [5.74, 6) is 1.57. The average molecular weight is 261 g/mol. The van der Waals surface area contributed by atoms with Crippen LogP contribution in [0.15, 0.2) is 18.3 Å². The van der Waals surface area contributed by atoms with E-state index < -0.39 is 0 Å². The van der Waals surface area contributed by atoms with Gasteiger partial charge in [-0.3, -0.25) is 0 Å². The van der Waals surface area contributed by atoms with Crippen molar-refractivity contribution in [3.8, 4) is 0 Å². The Morgan fingerprint density at radius 1 is 1.31 bits per heavy atom. The maximum Gasteiger partial charge on any atom is 0.128 e. The number of hydrogen-bond acceptors (Lipinski definition) is 2. The molecule has 0 aromatic carbocycles. The number of pyridine rings is 1. The van der Waals surface area contributed by atoms with E-state index in [4.69, 9.17) is 23.2 Å². The van der Waals surface area contributed by atoms with Crippen LogP contribution in [0.5, 0.6) is 0 Å². The Morgan fingerprint density at radius 3 is 2.44 bits per heavy atom. The molecule has 1 aromatic heterocycles. The van der Waals surface area contributed by atoms with Gasteiger partial charge in [-0.2, -0.15) is 0 Å². The van der Waals surface area contributed by atoms with Gasteiger partial charge in [-0.15, -0.1) is 11.6 Å². The van der Waals surface area contributed by atoms with Gasteiger partial charge >= 0.3 is 0 Å². The molecule has 0 saturated heterocycles. The van der Waals surface area contributed by atoms with Crippen molar-refractivity contribution >= 4 is 29.0 Å². The molecule has 0 aliphatic carbocycles. The minimum Gasteiger partial charge on any atom is -0.352 e. The quantitative estimate of drug-likeness (QED) is 0.720. The first kappa shape index (κ1) is 13.6. The van der Waals surface area contributed by atoms with Crippen LogP contribution < -0.4 is 4.90 Å². The summed E-state index contributed by atoms with van der Waals surface area (Å²) in [4.78, 5) is 6.60. The highest BCUT2D eigenvalue weighted by molar-refractivity contribution is 6.30. The first-order chi connectivity index (χ1) is 7.72. The van der Waals surface area contributed by atoms with Gasteiger partial charge in [0.15, 0.2) is 0 Å². The van der Waals surface area contributed by atoms with E-state index in [0.717, 1.165) is 25.2 Å². The minimum atomic E-state index is 0.493. The second kappa shape index (κ2) is 6.97. The minimum absolute atomic E-state index is 0.493. The highest BCUT2D eigenvalue weighted by Crippen LogP contribution is 2.19. The molecule has 0 aliphatic rings. The van der Waals surface area contributed by atoms with E-state index >= 15 is 0 Å². The summed E-state index contributed by atoms with van der Waals surface area (Å²) < 4.78 is 0. The van der Waals surface area contributed by atoms with Gasteiger partial charge in [0, 0.05) is 24.7 Å². The summed E-state index contributed by atoms with van der Waals surface area (Å²) in [5.41, 5.74) is 0. The number of aromatic nitrogens is 1. The van der Waals surface area contributed by atoms with Crippen molar-refractivity contribution < 1.29 is 0 Å². The van der Waals surface area contributed by atoms with Crippen LogP contribution in [-0.4, -0.2) is 23.5 Å². The summed E-state index contributed by atoms with van der Waals surface area (Å²) in [6.45, 7) is 5.19. The number of nitrogens with zero attached hydrogens (tertiary/aromatic N) is 2. The molecule has 0 spiro atoms. The molecular formula is C12H18Cl2N2. The van der Waals surface area contributed by atoms with Crippen LogP contribution in [0.25, 0.3) is 0 Å². The molecular weight excluding hydrogens is 243 g/mol. The second-order valence-electron chi connectivity index (χ2n) is 3.69. The Hall–Kier alpha value is -0.470. The van der Waals surface area contributed by atoms with Crippen molar-refractivity contribution in [3.63, 3.8) is 0 Å². The monoisotopic (exact) mass is 260 g/mol. The number of anilines is 1. The Labute approximate surface area is 108 Å². The van der Waals surface area contributed by atoms with E-state index in [0.29, 0.717) is 16.9 Å². The molecule has 0 radical (unpaired) electrons. The fourth-order valence-electron chi connectivity index (χ4n) is 1.84. The van der Waals surface area contributed by atoms with Crippen LogP contribution in [-0.2, 0) is 0 Å². The SMILES string of the molecule is CCC(CC)N(CCCl)c1ccc(Cl)cn1. The Kier molecular flexibility index (Phi) is 5.93. The Bertz CT molecular complexity index is 296. The third-order valence-corrected chi connectivity index (χ3v) is 3.11. The summed E-state index contributed by atoms with van der Waals surface area (Å²) in [5, 5.41) is 0.666. The van der Waals surface area contributed by atoms with E-state index in [2.05, 4.69) is 23.7 Å². The first-order valence-corrected chi connectivity index (χ1v) is 6.58.